The maximum atomic E-state index is 11.8. The molecule has 0 atom stereocenters. The van der Waals surface area contributed by atoms with Gasteiger partial charge in [-0.3, -0.25) is 4.79 Å². The Kier molecular flexibility index (Phi) is 4.40. The van der Waals surface area contributed by atoms with E-state index >= 15 is 0 Å². The van der Waals surface area contributed by atoms with Gasteiger partial charge in [0.1, 0.15) is 5.75 Å². The normalized spacial score (nSPS) is 14.9. The van der Waals surface area contributed by atoms with Gasteiger partial charge in [-0.15, -0.1) is 0 Å². The Morgan fingerprint density at radius 2 is 2.15 bits per heavy atom. The highest BCUT2D eigenvalue weighted by Gasteiger charge is 2.24. The topological polar surface area (TPSA) is 64.6 Å². The Bertz CT molecular complexity index is 563. The van der Waals surface area contributed by atoms with E-state index in [1.54, 1.807) is 25.3 Å². The molecule has 1 aromatic rings. The van der Waals surface area contributed by atoms with Gasteiger partial charge < -0.3 is 14.8 Å². The fourth-order valence-electron chi connectivity index (χ4n) is 1.92. The number of rotatable bonds is 5. The Labute approximate surface area is 117 Å². The van der Waals surface area contributed by atoms with Gasteiger partial charge in [-0.1, -0.05) is 13.3 Å². The molecule has 0 radical (unpaired) electrons. The van der Waals surface area contributed by atoms with Gasteiger partial charge in [-0.2, -0.15) is 0 Å². The number of amides is 1. The van der Waals surface area contributed by atoms with Gasteiger partial charge in [0.15, 0.2) is 0 Å². The molecule has 0 fully saturated rings. The van der Waals surface area contributed by atoms with Crippen LogP contribution >= 0.6 is 0 Å². The lowest BCUT2D eigenvalue weighted by Gasteiger charge is -2.04. The molecule has 5 nitrogen and oxygen atoms in total. The minimum Gasteiger partial charge on any atom is -0.497 e. The van der Waals surface area contributed by atoms with E-state index in [2.05, 4.69) is 5.32 Å². The molecule has 1 aliphatic heterocycles. The molecule has 106 valence electrons. The van der Waals surface area contributed by atoms with Crippen molar-refractivity contribution >= 4 is 17.6 Å². The van der Waals surface area contributed by atoms with Crippen LogP contribution in [0.1, 0.15) is 35.7 Å². The van der Waals surface area contributed by atoms with E-state index in [1.165, 1.54) is 6.08 Å². The van der Waals surface area contributed by atoms with Crippen LogP contribution in [0.15, 0.2) is 24.3 Å². The molecule has 1 amide bonds. The van der Waals surface area contributed by atoms with E-state index in [9.17, 15) is 9.59 Å². The molecule has 2 rings (SSSR count). The molecule has 0 bridgehead atoms. The summed E-state index contributed by atoms with van der Waals surface area (Å²) in [4.78, 5) is 23.4. The van der Waals surface area contributed by atoms with Crippen LogP contribution in [-0.4, -0.2) is 25.6 Å². The predicted octanol–water partition coefficient (Wildman–Crippen LogP) is 2.12. The van der Waals surface area contributed by atoms with Gasteiger partial charge in [-0.05, 0) is 24.6 Å². The highest BCUT2D eigenvalue weighted by molar-refractivity contribution is 6.11. The van der Waals surface area contributed by atoms with Crippen LogP contribution in [0, 0.1) is 0 Å². The molecule has 1 aliphatic rings. The monoisotopic (exact) mass is 275 g/mol. The first-order chi connectivity index (χ1) is 9.65. The maximum Gasteiger partial charge on any atom is 0.332 e. The van der Waals surface area contributed by atoms with Crippen LogP contribution in [0.2, 0.25) is 0 Å². The first kappa shape index (κ1) is 14.1. The second-order valence-electron chi connectivity index (χ2n) is 4.44. The van der Waals surface area contributed by atoms with Crippen LogP contribution in [-0.2, 0) is 9.53 Å². The first-order valence-corrected chi connectivity index (χ1v) is 6.54. The fourth-order valence-corrected chi connectivity index (χ4v) is 1.92. The van der Waals surface area contributed by atoms with Gasteiger partial charge in [0.05, 0.1) is 19.4 Å². The van der Waals surface area contributed by atoms with Crippen molar-refractivity contribution in [2.45, 2.75) is 19.8 Å². The highest BCUT2D eigenvalue weighted by Crippen LogP contribution is 2.28. The predicted molar refractivity (Wildman–Crippen MR) is 74.3 cm³/mol. The minimum absolute atomic E-state index is 0.227. The summed E-state index contributed by atoms with van der Waals surface area (Å²) in [5.41, 5.74) is 1.63. The van der Waals surface area contributed by atoms with E-state index < -0.39 is 5.97 Å². The van der Waals surface area contributed by atoms with Crippen molar-refractivity contribution in [3.8, 4) is 5.75 Å². The minimum atomic E-state index is -0.454. The highest BCUT2D eigenvalue weighted by atomic mass is 16.5. The molecular formula is C15H17NO4. The Balaban J connectivity index is 2.19. The van der Waals surface area contributed by atoms with Crippen molar-refractivity contribution in [2.24, 2.45) is 0 Å². The molecule has 5 heteroatoms. The first-order valence-electron chi connectivity index (χ1n) is 6.54. The lowest BCUT2D eigenvalue weighted by atomic mass is 10.1. The summed E-state index contributed by atoms with van der Waals surface area (Å²) in [5.74, 6) is -0.0508. The molecule has 0 unspecified atom stereocenters. The number of methoxy groups -OCH3 is 1. The van der Waals surface area contributed by atoms with Crippen molar-refractivity contribution < 1.29 is 19.1 Å². The third kappa shape index (κ3) is 2.99. The second kappa shape index (κ2) is 6.23. The lowest BCUT2D eigenvalue weighted by Crippen LogP contribution is -2.13. The van der Waals surface area contributed by atoms with E-state index in [0.717, 1.165) is 12.8 Å². The summed E-state index contributed by atoms with van der Waals surface area (Å²) >= 11 is 0. The average Bonchev–Trinajstić information content (AvgIpc) is 2.75. The molecule has 1 aromatic carbocycles. The van der Waals surface area contributed by atoms with Crippen molar-refractivity contribution in [1.82, 2.24) is 5.32 Å². The summed E-state index contributed by atoms with van der Waals surface area (Å²) in [6, 6.07) is 5.10. The molecule has 1 N–H and O–H groups in total. The quantitative estimate of drug-likeness (QED) is 0.508. The molecule has 0 saturated carbocycles. The van der Waals surface area contributed by atoms with Gasteiger partial charge in [0.25, 0.3) is 5.91 Å². The number of unbranched alkanes of at least 4 members (excludes halogenated alkanes) is 1. The smallest absolute Gasteiger partial charge is 0.332 e. The van der Waals surface area contributed by atoms with Crippen LogP contribution in [0.25, 0.3) is 5.70 Å². The van der Waals surface area contributed by atoms with Gasteiger partial charge in [0.2, 0.25) is 0 Å². The zero-order chi connectivity index (χ0) is 14.5. The van der Waals surface area contributed by atoms with E-state index in [1.807, 2.05) is 6.92 Å². The molecule has 1 heterocycles. The zero-order valence-corrected chi connectivity index (χ0v) is 11.6. The summed E-state index contributed by atoms with van der Waals surface area (Å²) in [6.07, 6.45) is 3.09. The molecule has 0 spiro atoms. The van der Waals surface area contributed by atoms with Crippen molar-refractivity contribution in [2.75, 3.05) is 13.7 Å². The average molecular weight is 275 g/mol. The zero-order valence-electron chi connectivity index (χ0n) is 11.6. The van der Waals surface area contributed by atoms with Gasteiger partial charge in [-0.25, -0.2) is 4.79 Å². The van der Waals surface area contributed by atoms with E-state index in [0.29, 0.717) is 29.2 Å². The molecule has 0 saturated heterocycles. The number of esters is 1. The Hall–Kier alpha value is -2.30. The van der Waals surface area contributed by atoms with Crippen molar-refractivity contribution in [3.05, 3.63) is 35.4 Å². The van der Waals surface area contributed by atoms with Crippen molar-refractivity contribution in [3.63, 3.8) is 0 Å². The summed E-state index contributed by atoms with van der Waals surface area (Å²) in [5, 5.41) is 2.66. The number of carbonyl (C=O) groups excluding carboxylic acids is 2. The van der Waals surface area contributed by atoms with Gasteiger partial charge in [0, 0.05) is 17.2 Å². The molecular weight excluding hydrogens is 258 g/mol. The van der Waals surface area contributed by atoms with Crippen LogP contribution in [0.5, 0.6) is 5.75 Å². The summed E-state index contributed by atoms with van der Waals surface area (Å²) in [7, 11) is 1.55. The number of benzene rings is 1. The molecule has 0 aromatic heterocycles. The van der Waals surface area contributed by atoms with Crippen molar-refractivity contribution in [1.29, 1.82) is 0 Å². The largest absolute Gasteiger partial charge is 0.497 e. The molecule has 0 aliphatic carbocycles. The number of carbonyl (C=O) groups is 2. The number of nitrogens with one attached hydrogen (secondary N) is 1. The maximum absolute atomic E-state index is 11.8. The number of fused-ring (bicyclic) bond motifs is 1. The standard InChI is InChI=1S/C15H17NO4/c1-3-4-7-20-14(17)9-13-12-8-10(19-2)5-6-11(12)15(18)16-13/h5-6,8-9H,3-4,7H2,1-2H3,(H,16,18)/b13-9+. The number of ether oxygens (including phenoxy) is 2. The van der Waals surface area contributed by atoms with E-state index in [4.69, 9.17) is 9.47 Å². The third-order valence-electron chi connectivity index (χ3n) is 3.01. The van der Waals surface area contributed by atoms with Gasteiger partial charge >= 0.3 is 5.97 Å². The Morgan fingerprint density at radius 3 is 2.85 bits per heavy atom. The van der Waals surface area contributed by atoms with Crippen LogP contribution in [0.3, 0.4) is 0 Å². The number of hydrogen-bond acceptors (Lipinski definition) is 4. The third-order valence-corrected chi connectivity index (χ3v) is 3.01. The van der Waals surface area contributed by atoms with Crippen LogP contribution < -0.4 is 10.1 Å². The molecule has 20 heavy (non-hydrogen) atoms. The van der Waals surface area contributed by atoms with E-state index in [-0.39, 0.29) is 5.91 Å². The second-order valence-corrected chi connectivity index (χ2v) is 4.44. The SMILES string of the molecule is CCCCOC(=O)/C=C1/NC(=O)c2ccc(OC)cc21. The lowest BCUT2D eigenvalue weighted by molar-refractivity contribution is -0.137. The number of hydrogen-bond donors (Lipinski definition) is 1. The summed E-state index contributed by atoms with van der Waals surface area (Å²) < 4.78 is 10.2. The summed E-state index contributed by atoms with van der Waals surface area (Å²) in [6.45, 7) is 2.41. The fraction of sp³-hybridized carbons (Fsp3) is 0.333. The Morgan fingerprint density at radius 1 is 1.35 bits per heavy atom. The van der Waals surface area contributed by atoms with Crippen LogP contribution in [0.4, 0.5) is 0 Å².